The highest BCUT2D eigenvalue weighted by Crippen LogP contribution is 2.35. The largest absolute Gasteiger partial charge is 0.378 e. The van der Waals surface area contributed by atoms with E-state index in [-0.39, 0.29) is 23.0 Å². The Hall–Kier alpha value is -1.20. The summed E-state index contributed by atoms with van der Waals surface area (Å²) in [6.07, 6.45) is 1.55. The van der Waals surface area contributed by atoms with E-state index in [1.165, 1.54) is 6.07 Å². The Bertz CT molecular complexity index is 671. The Balaban J connectivity index is 2.22. The molecule has 0 amide bonds. The van der Waals surface area contributed by atoms with Crippen LogP contribution in [0.25, 0.3) is 11.0 Å². The summed E-state index contributed by atoms with van der Waals surface area (Å²) >= 11 is 6.20. The number of ether oxygens (including phenoxy) is 1. The SMILES string of the molecule is CC1CC(n2c(C(C)Cl)nc3ccc(F)c(F)c32)CCO1. The predicted molar refractivity (Wildman–Crippen MR) is 77.6 cm³/mol. The number of hydrogen-bond donors (Lipinski definition) is 0. The number of benzene rings is 1. The van der Waals surface area contributed by atoms with Gasteiger partial charge in [0.2, 0.25) is 0 Å². The van der Waals surface area contributed by atoms with Gasteiger partial charge >= 0.3 is 0 Å². The molecule has 0 aliphatic carbocycles. The lowest BCUT2D eigenvalue weighted by Crippen LogP contribution is -2.27. The monoisotopic (exact) mass is 314 g/mol. The Morgan fingerprint density at radius 1 is 1.43 bits per heavy atom. The molecular weight excluding hydrogens is 298 g/mol. The number of hydrogen-bond acceptors (Lipinski definition) is 2. The third-order valence-corrected chi connectivity index (χ3v) is 4.14. The van der Waals surface area contributed by atoms with Crippen molar-refractivity contribution in [3.05, 3.63) is 29.6 Å². The van der Waals surface area contributed by atoms with E-state index in [0.717, 1.165) is 18.9 Å². The molecule has 0 saturated carbocycles. The van der Waals surface area contributed by atoms with Gasteiger partial charge in [-0.25, -0.2) is 13.8 Å². The molecule has 21 heavy (non-hydrogen) atoms. The fourth-order valence-corrected chi connectivity index (χ4v) is 3.15. The van der Waals surface area contributed by atoms with E-state index in [4.69, 9.17) is 16.3 Å². The summed E-state index contributed by atoms with van der Waals surface area (Å²) in [5.74, 6) is -1.14. The Morgan fingerprint density at radius 3 is 2.86 bits per heavy atom. The minimum atomic E-state index is -0.863. The second-order valence-electron chi connectivity index (χ2n) is 5.54. The van der Waals surface area contributed by atoms with Gasteiger partial charge in [-0.3, -0.25) is 0 Å². The lowest BCUT2D eigenvalue weighted by molar-refractivity contribution is 0.00612. The summed E-state index contributed by atoms with van der Waals surface area (Å²) in [4.78, 5) is 4.40. The first kappa shape index (κ1) is 14.7. The zero-order valence-corrected chi connectivity index (χ0v) is 12.7. The van der Waals surface area contributed by atoms with E-state index in [9.17, 15) is 8.78 Å². The molecule has 1 aromatic carbocycles. The van der Waals surface area contributed by atoms with Crippen molar-refractivity contribution in [3.63, 3.8) is 0 Å². The highest BCUT2D eigenvalue weighted by atomic mass is 35.5. The van der Waals surface area contributed by atoms with Gasteiger partial charge in [-0.05, 0) is 38.8 Å². The molecule has 0 N–H and O–H groups in total. The van der Waals surface area contributed by atoms with Crippen molar-refractivity contribution in [1.29, 1.82) is 0 Å². The molecule has 3 nitrogen and oxygen atoms in total. The fourth-order valence-electron chi connectivity index (χ4n) is 3.00. The molecule has 2 heterocycles. The Labute approximate surface area is 126 Å². The van der Waals surface area contributed by atoms with Crippen LogP contribution in [0.2, 0.25) is 0 Å². The number of halogens is 3. The van der Waals surface area contributed by atoms with Gasteiger partial charge in [0.1, 0.15) is 11.3 Å². The minimum absolute atomic E-state index is 0.0197. The Kier molecular flexibility index (Phi) is 3.88. The van der Waals surface area contributed by atoms with Gasteiger partial charge in [-0.15, -0.1) is 11.6 Å². The summed E-state index contributed by atoms with van der Waals surface area (Å²) < 4.78 is 35.2. The molecule has 0 bridgehead atoms. The van der Waals surface area contributed by atoms with Crippen molar-refractivity contribution in [2.45, 2.75) is 44.2 Å². The maximum absolute atomic E-state index is 14.3. The van der Waals surface area contributed by atoms with Crippen molar-refractivity contribution < 1.29 is 13.5 Å². The van der Waals surface area contributed by atoms with Crippen LogP contribution in [0, 0.1) is 11.6 Å². The molecule has 0 spiro atoms. The molecule has 6 heteroatoms. The second-order valence-corrected chi connectivity index (χ2v) is 6.20. The second kappa shape index (κ2) is 5.54. The molecule has 3 atom stereocenters. The molecule has 1 aliphatic rings. The molecule has 2 aromatic rings. The molecule has 0 radical (unpaired) electrons. The van der Waals surface area contributed by atoms with E-state index in [1.54, 1.807) is 11.5 Å². The van der Waals surface area contributed by atoms with Crippen molar-refractivity contribution in [2.24, 2.45) is 0 Å². The van der Waals surface area contributed by atoms with Crippen LogP contribution in [-0.4, -0.2) is 22.3 Å². The first-order valence-electron chi connectivity index (χ1n) is 7.10. The van der Waals surface area contributed by atoms with Gasteiger partial charge in [-0.1, -0.05) is 0 Å². The van der Waals surface area contributed by atoms with E-state index in [0.29, 0.717) is 17.9 Å². The molecule has 1 saturated heterocycles. The number of alkyl halides is 1. The van der Waals surface area contributed by atoms with Crippen molar-refractivity contribution in [1.82, 2.24) is 9.55 Å². The van der Waals surface area contributed by atoms with Crippen LogP contribution < -0.4 is 0 Å². The zero-order chi connectivity index (χ0) is 15.1. The van der Waals surface area contributed by atoms with Gasteiger partial charge in [0, 0.05) is 12.6 Å². The van der Waals surface area contributed by atoms with Crippen LogP contribution in [-0.2, 0) is 4.74 Å². The molecular formula is C15H17ClF2N2O. The van der Waals surface area contributed by atoms with Gasteiger partial charge in [0.25, 0.3) is 0 Å². The van der Waals surface area contributed by atoms with Crippen LogP contribution >= 0.6 is 11.6 Å². The Morgan fingerprint density at radius 2 is 2.19 bits per heavy atom. The first-order chi connectivity index (χ1) is 9.99. The standard InChI is InChI=1S/C15H17ClF2N2O/c1-8-7-10(5-6-21-8)20-14-12(19-15(20)9(2)16)4-3-11(17)13(14)18/h3-4,8-10H,5-7H2,1-2H3. The zero-order valence-electron chi connectivity index (χ0n) is 11.9. The topological polar surface area (TPSA) is 27.1 Å². The van der Waals surface area contributed by atoms with Gasteiger partial charge in [0.15, 0.2) is 11.6 Å². The predicted octanol–water partition coefficient (Wildman–Crippen LogP) is 4.35. The number of aromatic nitrogens is 2. The third kappa shape index (κ3) is 2.53. The molecule has 3 unspecified atom stereocenters. The normalized spacial score (nSPS) is 24.4. The average Bonchev–Trinajstić information content (AvgIpc) is 2.83. The van der Waals surface area contributed by atoms with Crippen molar-refractivity contribution in [3.8, 4) is 0 Å². The first-order valence-corrected chi connectivity index (χ1v) is 7.54. The quantitative estimate of drug-likeness (QED) is 0.770. The van der Waals surface area contributed by atoms with Crippen LogP contribution in [0.5, 0.6) is 0 Å². The van der Waals surface area contributed by atoms with Crippen molar-refractivity contribution >= 4 is 22.6 Å². The summed E-state index contributed by atoms with van der Waals surface area (Å²) in [6, 6.07) is 2.62. The lowest BCUT2D eigenvalue weighted by Gasteiger charge is -2.30. The van der Waals surface area contributed by atoms with E-state index in [2.05, 4.69) is 4.98 Å². The molecule has 3 rings (SSSR count). The van der Waals surface area contributed by atoms with Gasteiger partial charge in [-0.2, -0.15) is 0 Å². The van der Waals surface area contributed by atoms with Gasteiger partial charge < -0.3 is 9.30 Å². The highest BCUT2D eigenvalue weighted by molar-refractivity contribution is 6.20. The number of fused-ring (bicyclic) bond motifs is 1. The smallest absolute Gasteiger partial charge is 0.184 e. The van der Waals surface area contributed by atoms with Crippen LogP contribution in [0.4, 0.5) is 8.78 Å². The average molecular weight is 315 g/mol. The van der Waals surface area contributed by atoms with Crippen LogP contribution in [0.3, 0.4) is 0 Å². The van der Waals surface area contributed by atoms with E-state index < -0.39 is 11.6 Å². The molecule has 114 valence electrons. The van der Waals surface area contributed by atoms with E-state index >= 15 is 0 Å². The van der Waals surface area contributed by atoms with Gasteiger partial charge in [0.05, 0.1) is 17.0 Å². The molecule has 1 fully saturated rings. The third-order valence-electron chi connectivity index (χ3n) is 3.95. The minimum Gasteiger partial charge on any atom is -0.378 e. The summed E-state index contributed by atoms with van der Waals surface area (Å²) in [5, 5.41) is -0.377. The van der Waals surface area contributed by atoms with Crippen LogP contribution in [0.15, 0.2) is 12.1 Å². The number of imidazole rings is 1. The summed E-state index contributed by atoms with van der Waals surface area (Å²) in [5.41, 5.74) is 0.646. The van der Waals surface area contributed by atoms with Crippen LogP contribution in [0.1, 0.15) is 43.9 Å². The number of rotatable bonds is 2. The lowest BCUT2D eigenvalue weighted by atomic mass is 10.0. The van der Waals surface area contributed by atoms with E-state index in [1.807, 2.05) is 6.92 Å². The van der Waals surface area contributed by atoms with Crippen molar-refractivity contribution in [2.75, 3.05) is 6.61 Å². The number of nitrogens with zero attached hydrogens (tertiary/aromatic N) is 2. The fraction of sp³-hybridized carbons (Fsp3) is 0.533. The highest BCUT2D eigenvalue weighted by Gasteiger charge is 2.28. The molecule has 1 aliphatic heterocycles. The summed E-state index contributed by atoms with van der Waals surface area (Å²) in [6.45, 7) is 4.36. The summed E-state index contributed by atoms with van der Waals surface area (Å²) in [7, 11) is 0. The maximum Gasteiger partial charge on any atom is 0.184 e. The maximum atomic E-state index is 14.3. The molecule has 1 aromatic heterocycles.